The van der Waals surface area contributed by atoms with E-state index in [1.54, 1.807) is 0 Å². The molecule has 0 fully saturated rings. The van der Waals surface area contributed by atoms with Crippen LogP contribution in [0.4, 0.5) is 13.2 Å². The largest absolute Gasteiger partial charge is 0.573 e. The van der Waals surface area contributed by atoms with E-state index < -0.39 is 73.8 Å². The van der Waals surface area contributed by atoms with E-state index in [9.17, 15) is 37.3 Å². The molecule has 0 spiro atoms. The molecule has 0 saturated carbocycles. The first-order valence-corrected chi connectivity index (χ1v) is 9.22. The van der Waals surface area contributed by atoms with Gasteiger partial charge in [-0.1, -0.05) is 0 Å². The SMILES string of the molecule is NC(CC[P+](O)(O)C(=O)c1ccc(OCC(=O)O)c(OC(F)(F)F)c1)C(=O)O. The Morgan fingerprint density at radius 1 is 1.14 bits per heavy atom. The van der Waals surface area contributed by atoms with Crippen LogP contribution in [0.1, 0.15) is 16.8 Å². The van der Waals surface area contributed by atoms with Gasteiger partial charge in [0.15, 0.2) is 18.1 Å². The third-order valence-electron chi connectivity index (χ3n) is 3.16. The number of carboxylic acids is 2. The maximum Gasteiger partial charge on any atom is 0.573 e. The number of carboxylic acid groups (broad SMARTS) is 2. The highest BCUT2D eigenvalue weighted by atomic mass is 31.2. The van der Waals surface area contributed by atoms with Crippen molar-refractivity contribution in [2.24, 2.45) is 5.73 Å². The zero-order chi connectivity index (χ0) is 21.7. The van der Waals surface area contributed by atoms with Gasteiger partial charge in [-0.25, -0.2) is 19.4 Å². The molecule has 0 amide bonds. The maximum absolute atomic E-state index is 12.5. The molecule has 28 heavy (non-hydrogen) atoms. The van der Waals surface area contributed by atoms with E-state index in [2.05, 4.69) is 9.47 Å². The van der Waals surface area contributed by atoms with Gasteiger partial charge in [0, 0.05) is 6.42 Å². The minimum atomic E-state index is -5.21. The first-order chi connectivity index (χ1) is 12.7. The van der Waals surface area contributed by atoms with Crippen LogP contribution in [0.15, 0.2) is 18.2 Å². The summed E-state index contributed by atoms with van der Waals surface area (Å²) in [5, 5.41) is 17.2. The van der Waals surface area contributed by atoms with Gasteiger partial charge in [0.2, 0.25) is 0 Å². The Balaban J connectivity index is 3.11. The summed E-state index contributed by atoms with van der Waals surface area (Å²) in [7, 11) is -4.42. The van der Waals surface area contributed by atoms with Gasteiger partial charge in [-0.15, -0.1) is 13.2 Å². The lowest BCUT2D eigenvalue weighted by Crippen LogP contribution is -2.31. The molecule has 1 rings (SSSR count). The molecule has 1 unspecified atom stereocenters. The fraction of sp³-hybridized carbons (Fsp3) is 0.357. The lowest BCUT2D eigenvalue weighted by molar-refractivity contribution is -0.275. The third-order valence-corrected chi connectivity index (χ3v) is 4.95. The van der Waals surface area contributed by atoms with Crippen molar-refractivity contribution in [3.63, 3.8) is 0 Å². The van der Waals surface area contributed by atoms with Gasteiger partial charge >= 0.3 is 31.5 Å². The molecule has 1 aromatic carbocycles. The summed E-state index contributed by atoms with van der Waals surface area (Å²) in [6.45, 7) is -0.995. The first-order valence-electron chi connectivity index (χ1n) is 7.34. The summed E-state index contributed by atoms with van der Waals surface area (Å²) in [6.07, 6.45) is -6.37. The molecular weight excluding hydrogens is 414 g/mol. The van der Waals surface area contributed by atoms with E-state index >= 15 is 0 Å². The molecule has 0 saturated heterocycles. The van der Waals surface area contributed by atoms with Gasteiger partial charge in [0.05, 0.1) is 5.56 Å². The molecule has 0 aliphatic heterocycles. The summed E-state index contributed by atoms with van der Waals surface area (Å²) in [5.41, 5.74) is 3.27. The molecule has 14 heteroatoms. The van der Waals surface area contributed by atoms with Crippen molar-refractivity contribution in [2.45, 2.75) is 18.8 Å². The summed E-state index contributed by atoms with van der Waals surface area (Å²) in [6, 6.07) is 0.703. The van der Waals surface area contributed by atoms with Crippen molar-refractivity contribution in [1.82, 2.24) is 0 Å². The smallest absolute Gasteiger partial charge is 0.480 e. The minimum absolute atomic E-state index is 0.465. The Morgan fingerprint density at radius 2 is 1.75 bits per heavy atom. The number of carbonyl (C=O) groups excluding carboxylic acids is 1. The molecule has 0 bridgehead atoms. The Bertz CT molecular complexity index is 754. The van der Waals surface area contributed by atoms with Crippen molar-refractivity contribution in [3.05, 3.63) is 23.8 Å². The van der Waals surface area contributed by atoms with E-state index in [4.69, 9.17) is 15.9 Å². The molecular formula is C14H16F3NO9P+. The summed E-state index contributed by atoms with van der Waals surface area (Å²) < 4.78 is 45.9. The molecule has 0 radical (unpaired) electrons. The number of aliphatic carboxylic acids is 2. The lowest BCUT2D eigenvalue weighted by atomic mass is 10.2. The molecule has 0 heterocycles. The molecule has 0 aromatic heterocycles. The highest BCUT2D eigenvalue weighted by Crippen LogP contribution is 2.54. The number of hydrogen-bond acceptors (Lipinski definition) is 8. The number of alkyl halides is 3. The van der Waals surface area contributed by atoms with Crippen molar-refractivity contribution in [1.29, 1.82) is 0 Å². The molecule has 0 aliphatic carbocycles. The highest BCUT2D eigenvalue weighted by molar-refractivity contribution is 7.81. The molecule has 10 nitrogen and oxygen atoms in total. The van der Waals surface area contributed by atoms with E-state index in [1.165, 1.54) is 0 Å². The number of hydrogen-bond donors (Lipinski definition) is 5. The average molecular weight is 430 g/mol. The van der Waals surface area contributed by atoms with Crippen LogP contribution >= 0.6 is 7.72 Å². The molecule has 6 N–H and O–H groups in total. The van der Waals surface area contributed by atoms with Crippen molar-refractivity contribution < 1.29 is 57.0 Å². The van der Waals surface area contributed by atoms with Gasteiger partial charge in [-0.05, 0) is 18.2 Å². The van der Waals surface area contributed by atoms with Crippen LogP contribution in [0.25, 0.3) is 0 Å². The van der Waals surface area contributed by atoms with Gasteiger partial charge in [0.25, 0.3) is 0 Å². The van der Waals surface area contributed by atoms with Gasteiger partial charge in [-0.3, -0.25) is 4.79 Å². The fourth-order valence-electron chi connectivity index (χ4n) is 1.86. The van der Waals surface area contributed by atoms with Gasteiger partial charge in [-0.2, -0.15) is 0 Å². The molecule has 1 aromatic rings. The van der Waals surface area contributed by atoms with Crippen LogP contribution in [0, 0.1) is 0 Å². The van der Waals surface area contributed by atoms with Crippen LogP contribution in [-0.2, 0) is 9.59 Å². The maximum atomic E-state index is 12.5. The second kappa shape index (κ2) is 9.15. The minimum Gasteiger partial charge on any atom is -0.480 e. The third kappa shape index (κ3) is 7.27. The van der Waals surface area contributed by atoms with E-state index in [-0.39, 0.29) is 0 Å². The molecule has 1 atom stereocenters. The van der Waals surface area contributed by atoms with Gasteiger partial charge in [0.1, 0.15) is 12.2 Å². The number of benzene rings is 1. The normalized spacial score (nSPS) is 12.9. The van der Waals surface area contributed by atoms with Crippen molar-refractivity contribution in [3.8, 4) is 11.5 Å². The second-order valence-electron chi connectivity index (χ2n) is 5.38. The summed E-state index contributed by atoms with van der Waals surface area (Å²) in [5.74, 6) is -4.64. The van der Waals surface area contributed by atoms with E-state index in [0.717, 1.165) is 12.1 Å². The predicted octanol–water partition coefficient (Wildman–Crippen LogP) is 0.823. The van der Waals surface area contributed by atoms with E-state index in [1.807, 2.05) is 0 Å². The number of nitrogens with two attached hydrogens (primary N) is 1. The van der Waals surface area contributed by atoms with Crippen molar-refractivity contribution in [2.75, 3.05) is 12.8 Å². The fourth-order valence-corrected chi connectivity index (χ4v) is 3.25. The van der Waals surface area contributed by atoms with Crippen LogP contribution in [0.5, 0.6) is 11.5 Å². The second-order valence-corrected chi connectivity index (χ2v) is 7.70. The summed E-state index contributed by atoms with van der Waals surface area (Å²) in [4.78, 5) is 53.2. The van der Waals surface area contributed by atoms with Crippen LogP contribution in [0.3, 0.4) is 0 Å². The number of ether oxygens (including phenoxy) is 2. The zero-order valence-corrected chi connectivity index (χ0v) is 14.8. The standard InChI is InChI=1S/C14H15F3NO9P/c15-14(16,17)27-10-5-7(1-2-9(10)26-6-11(19)20)13(23)28(24,25)4-3-8(18)12(21)22/h1-2,5,8,24-25H,3-4,6,18H2,(H-,19,20,21,22)/p+1. The van der Waals surface area contributed by atoms with Crippen molar-refractivity contribution >= 4 is 25.2 Å². The van der Waals surface area contributed by atoms with Crippen LogP contribution < -0.4 is 15.2 Å². The monoisotopic (exact) mass is 430 g/mol. The molecule has 156 valence electrons. The average Bonchev–Trinajstić information content (AvgIpc) is 2.56. The number of halogens is 3. The Labute approximate surface area is 155 Å². The Morgan fingerprint density at radius 3 is 2.25 bits per heavy atom. The Kier molecular flexibility index (Phi) is 7.70. The predicted molar refractivity (Wildman–Crippen MR) is 87.0 cm³/mol. The lowest BCUT2D eigenvalue weighted by Gasteiger charge is -2.16. The molecule has 0 aliphatic rings. The van der Waals surface area contributed by atoms with Gasteiger partial charge < -0.3 is 25.4 Å². The quantitative estimate of drug-likeness (QED) is 0.334. The Hall–Kier alpha value is -2.47. The topological polar surface area (TPSA) is 177 Å². The number of carbonyl (C=O) groups is 3. The van der Waals surface area contributed by atoms with Crippen LogP contribution in [0.2, 0.25) is 0 Å². The zero-order valence-electron chi connectivity index (χ0n) is 13.9. The number of rotatable bonds is 10. The highest BCUT2D eigenvalue weighted by Gasteiger charge is 2.45. The van der Waals surface area contributed by atoms with E-state index in [0.29, 0.717) is 6.07 Å². The summed E-state index contributed by atoms with van der Waals surface area (Å²) >= 11 is 0. The van der Waals surface area contributed by atoms with Crippen LogP contribution in [-0.4, -0.2) is 62.6 Å². The first kappa shape index (κ1) is 23.6.